The molecule has 5 aromatic rings. The number of para-hydroxylation sites is 1. The molecule has 53 heavy (non-hydrogen) atoms. The number of nitrogens with one attached hydrogen (secondary N) is 1. The number of nitrogens with zero attached hydrogens (tertiary/aromatic N) is 3. The maximum absolute atomic E-state index is 13.8. The largest absolute Gasteiger partial charge is 0.493 e. The smallest absolute Gasteiger partial charge is 0.261 e. The van der Waals surface area contributed by atoms with E-state index in [1.165, 1.54) is 0 Å². The van der Waals surface area contributed by atoms with Gasteiger partial charge in [0.15, 0.2) is 23.0 Å². The molecule has 9 rings (SSSR count). The van der Waals surface area contributed by atoms with Crippen molar-refractivity contribution >= 4 is 46.5 Å². The Bertz CT molecular complexity index is 2340. The van der Waals surface area contributed by atoms with Crippen LogP contribution in [0.15, 0.2) is 83.9 Å². The van der Waals surface area contributed by atoms with Crippen LogP contribution in [0.5, 0.6) is 23.0 Å². The highest BCUT2D eigenvalue weighted by Crippen LogP contribution is 2.42. The average Bonchev–Trinajstić information content (AvgIpc) is 3.67. The van der Waals surface area contributed by atoms with Crippen LogP contribution in [-0.2, 0) is 26.1 Å². The van der Waals surface area contributed by atoms with Gasteiger partial charge in [-0.3, -0.25) is 19.5 Å². The first kappa shape index (κ1) is 32.3. The standard InChI is InChI=1S/C42H35N5O6/c1-50-37-16-31-33(44-20-29-14-26-7-3-5-9-35(26)46(29)41(31)48)18-39(37)52-22-24-11-25(13-28(43)12-24)23-53-40-19-34-32(17-38(40)51-2)42(49)47-30(21-45-34)15-27-8-4-6-10-36(27)47/h3,5-7,9-13,16-20,29-30,45H,14-15,21-23,43H2,1-2H3/t29-,30-/m0/s1. The van der Waals surface area contributed by atoms with Crippen molar-refractivity contribution in [1.29, 1.82) is 0 Å². The molecule has 0 aliphatic carbocycles. The van der Waals surface area contributed by atoms with Crippen LogP contribution < -0.4 is 39.8 Å². The first-order valence-corrected chi connectivity index (χ1v) is 17.4. The van der Waals surface area contributed by atoms with Gasteiger partial charge < -0.3 is 34.9 Å². The first-order chi connectivity index (χ1) is 25.9. The van der Waals surface area contributed by atoms with Crippen molar-refractivity contribution in [3.8, 4) is 23.0 Å². The van der Waals surface area contributed by atoms with Crippen LogP contribution in [0.3, 0.4) is 0 Å². The molecule has 2 atom stereocenters. The summed E-state index contributed by atoms with van der Waals surface area (Å²) in [7, 11) is 3.10. The number of methoxy groups -OCH3 is 2. The van der Waals surface area contributed by atoms with Crippen molar-refractivity contribution in [2.75, 3.05) is 41.6 Å². The molecule has 0 unspecified atom stereocenters. The third-order valence-electron chi connectivity index (χ3n) is 10.2. The molecule has 0 fully saturated rings. The lowest BCUT2D eigenvalue weighted by molar-refractivity contribution is 0.0976. The molecule has 264 valence electrons. The Balaban J connectivity index is 0.919. The number of ether oxygens (including phenoxy) is 4. The number of carbonyl (C=O) groups excluding carboxylic acids is 2. The van der Waals surface area contributed by atoms with E-state index >= 15 is 0 Å². The van der Waals surface area contributed by atoms with Crippen molar-refractivity contribution in [1.82, 2.24) is 0 Å². The van der Waals surface area contributed by atoms with Gasteiger partial charge in [0.2, 0.25) is 0 Å². The van der Waals surface area contributed by atoms with Gasteiger partial charge in [-0.2, -0.15) is 0 Å². The Labute approximate surface area is 306 Å². The lowest BCUT2D eigenvalue weighted by Crippen LogP contribution is -2.39. The van der Waals surface area contributed by atoms with Crippen LogP contribution in [-0.4, -0.2) is 50.9 Å². The van der Waals surface area contributed by atoms with E-state index in [0.29, 0.717) is 70.6 Å². The molecule has 4 aliphatic rings. The molecular formula is C42H35N5O6. The highest BCUT2D eigenvalue weighted by Gasteiger charge is 2.39. The second-order valence-electron chi connectivity index (χ2n) is 13.5. The van der Waals surface area contributed by atoms with E-state index in [0.717, 1.165) is 33.6 Å². The summed E-state index contributed by atoms with van der Waals surface area (Å²) in [5.74, 6) is 1.58. The quantitative estimate of drug-likeness (QED) is 0.180. The topological polar surface area (TPSA) is 128 Å². The normalized spacial score (nSPS) is 17.5. The Morgan fingerprint density at radius 2 is 1.53 bits per heavy atom. The molecule has 4 heterocycles. The number of aliphatic imine (C=N–C) groups is 1. The zero-order valence-corrected chi connectivity index (χ0v) is 29.1. The minimum atomic E-state index is -0.158. The van der Waals surface area contributed by atoms with Crippen molar-refractivity contribution in [2.24, 2.45) is 4.99 Å². The number of hydrogen-bond donors (Lipinski definition) is 2. The second kappa shape index (κ2) is 12.8. The van der Waals surface area contributed by atoms with Gasteiger partial charge in [0.1, 0.15) is 13.2 Å². The van der Waals surface area contributed by atoms with E-state index in [1.54, 1.807) is 43.4 Å². The summed E-state index contributed by atoms with van der Waals surface area (Å²) in [4.78, 5) is 36.0. The van der Waals surface area contributed by atoms with E-state index < -0.39 is 0 Å². The van der Waals surface area contributed by atoms with Crippen LogP contribution in [0.25, 0.3) is 0 Å². The summed E-state index contributed by atoms with van der Waals surface area (Å²) in [5.41, 5.74) is 14.6. The van der Waals surface area contributed by atoms with Crippen LogP contribution >= 0.6 is 0 Å². The van der Waals surface area contributed by atoms with E-state index in [4.69, 9.17) is 29.7 Å². The summed E-state index contributed by atoms with van der Waals surface area (Å²) in [6.45, 7) is 0.948. The van der Waals surface area contributed by atoms with E-state index in [9.17, 15) is 9.59 Å². The second-order valence-corrected chi connectivity index (χ2v) is 13.5. The minimum Gasteiger partial charge on any atom is -0.493 e. The SMILES string of the molecule is COc1cc2c(cc1OCc1cc(N)cc(COc3cc4c(cc3OC)C(=O)N3c5ccc#cc5C[C@H]3CN4)c1)N=C[C@@H]1Cc3ccccc3N1C2=O. The predicted octanol–water partition coefficient (Wildman–Crippen LogP) is 6.33. The fourth-order valence-corrected chi connectivity index (χ4v) is 7.74. The molecule has 5 aromatic carbocycles. The third-order valence-corrected chi connectivity index (χ3v) is 10.2. The zero-order chi connectivity index (χ0) is 36.2. The number of carbonyl (C=O) groups is 2. The molecule has 11 heteroatoms. The van der Waals surface area contributed by atoms with E-state index in [1.807, 2.05) is 65.7 Å². The van der Waals surface area contributed by atoms with Crippen LogP contribution in [0, 0.1) is 12.1 Å². The van der Waals surface area contributed by atoms with Gasteiger partial charge in [0, 0.05) is 54.7 Å². The Kier molecular flexibility index (Phi) is 7.81. The number of benzene rings is 4. The molecular weight excluding hydrogens is 670 g/mol. The fraction of sp³-hybridized carbons (Fsp3) is 0.214. The molecule has 0 radical (unpaired) electrons. The summed E-state index contributed by atoms with van der Waals surface area (Å²) in [5, 5.41) is 3.45. The number of anilines is 4. The highest BCUT2D eigenvalue weighted by atomic mass is 16.5. The van der Waals surface area contributed by atoms with Crippen LogP contribution in [0.1, 0.15) is 43.0 Å². The van der Waals surface area contributed by atoms with Gasteiger partial charge in [0.05, 0.1) is 54.5 Å². The number of fused-ring (bicyclic) bond motifs is 8. The van der Waals surface area contributed by atoms with Crippen molar-refractivity contribution in [2.45, 2.75) is 38.1 Å². The molecule has 3 N–H and O–H groups in total. The van der Waals surface area contributed by atoms with Crippen molar-refractivity contribution in [3.63, 3.8) is 0 Å². The fourth-order valence-electron chi connectivity index (χ4n) is 7.74. The summed E-state index contributed by atoms with van der Waals surface area (Å²) < 4.78 is 23.9. The molecule has 4 aliphatic heterocycles. The Hall–Kier alpha value is -6.67. The van der Waals surface area contributed by atoms with Crippen molar-refractivity contribution in [3.05, 3.63) is 124 Å². The summed E-state index contributed by atoms with van der Waals surface area (Å²) in [6.07, 6.45) is 3.25. The molecule has 0 saturated heterocycles. The van der Waals surface area contributed by atoms with Crippen molar-refractivity contribution < 1.29 is 28.5 Å². The Morgan fingerprint density at radius 1 is 0.811 bits per heavy atom. The third kappa shape index (κ3) is 5.60. The molecule has 0 saturated carbocycles. The molecule has 0 aromatic heterocycles. The lowest BCUT2D eigenvalue weighted by atomic mass is 10.1. The number of nitrogen functional groups attached to an aromatic ring is 1. The monoisotopic (exact) mass is 705 g/mol. The Morgan fingerprint density at radius 3 is 2.30 bits per heavy atom. The van der Waals surface area contributed by atoms with Gasteiger partial charge >= 0.3 is 0 Å². The van der Waals surface area contributed by atoms with Gasteiger partial charge in [-0.1, -0.05) is 30.3 Å². The van der Waals surface area contributed by atoms with Crippen LogP contribution in [0.4, 0.5) is 28.4 Å². The maximum Gasteiger partial charge on any atom is 0.261 e. The van der Waals surface area contributed by atoms with Gasteiger partial charge in [0.25, 0.3) is 11.8 Å². The number of amides is 2. The van der Waals surface area contributed by atoms with Gasteiger partial charge in [-0.15, -0.1) is 0 Å². The lowest BCUT2D eigenvalue weighted by Gasteiger charge is -2.22. The highest BCUT2D eigenvalue weighted by molar-refractivity contribution is 6.15. The first-order valence-electron chi connectivity index (χ1n) is 17.4. The van der Waals surface area contributed by atoms with Crippen LogP contribution in [0.2, 0.25) is 0 Å². The summed E-state index contributed by atoms with van der Waals surface area (Å²) in [6, 6.07) is 30.2. The summed E-state index contributed by atoms with van der Waals surface area (Å²) >= 11 is 0. The van der Waals surface area contributed by atoms with Gasteiger partial charge in [-0.05, 0) is 65.2 Å². The number of nitrogens with two attached hydrogens (primary N) is 1. The molecule has 11 nitrogen and oxygen atoms in total. The average molecular weight is 706 g/mol. The maximum atomic E-state index is 13.8. The minimum absolute atomic E-state index is 0.0305. The van der Waals surface area contributed by atoms with E-state index in [-0.39, 0.29) is 37.1 Å². The molecule has 2 amide bonds. The molecule has 0 bridgehead atoms. The predicted molar refractivity (Wildman–Crippen MR) is 201 cm³/mol. The van der Waals surface area contributed by atoms with E-state index in [2.05, 4.69) is 17.4 Å². The van der Waals surface area contributed by atoms with Gasteiger partial charge in [-0.25, -0.2) is 0 Å². The molecule has 0 spiro atoms. The number of hydrogen-bond acceptors (Lipinski definition) is 9. The number of rotatable bonds is 8. The zero-order valence-electron chi connectivity index (χ0n) is 29.1.